The summed E-state index contributed by atoms with van der Waals surface area (Å²) < 4.78 is 11.1. The first-order valence-electron chi connectivity index (χ1n) is 9.87. The van der Waals surface area contributed by atoms with Gasteiger partial charge in [-0.25, -0.2) is 0 Å². The third kappa shape index (κ3) is 2.68. The van der Waals surface area contributed by atoms with E-state index in [4.69, 9.17) is 9.47 Å². The molecule has 30 heavy (non-hydrogen) atoms. The number of likely N-dealkylation sites (N-methyl/N-ethyl adjacent to an activating group) is 1. The van der Waals surface area contributed by atoms with Gasteiger partial charge in [0.05, 0.1) is 12.8 Å². The van der Waals surface area contributed by atoms with E-state index >= 15 is 0 Å². The maximum atomic E-state index is 6.01. The van der Waals surface area contributed by atoms with Gasteiger partial charge >= 0.3 is 0 Å². The molecule has 0 saturated heterocycles. The minimum Gasteiger partial charge on any atom is -0.496 e. The maximum absolute atomic E-state index is 6.01. The molecule has 5 rings (SSSR count). The van der Waals surface area contributed by atoms with Gasteiger partial charge in [0.1, 0.15) is 5.75 Å². The summed E-state index contributed by atoms with van der Waals surface area (Å²) in [5, 5.41) is 2.40. The molecule has 0 radical (unpaired) electrons. The van der Waals surface area contributed by atoms with Crippen LogP contribution < -0.4 is 9.64 Å². The summed E-state index contributed by atoms with van der Waals surface area (Å²) in [5.41, 5.74) is 6.62. The third-order valence-corrected chi connectivity index (χ3v) is 6.95. The van der Waals surface area contributed by atoms with Crippen LogP contribution in [0.25, 0.3) is 16.3 Å². The summed E-state index contributed by atoms with van der Waals surface area (Å²) in [6.45, 7) is 0. The maximum Gasteiger partial charge on any atom is 0.169 e. The molecular formula is C26H22BrNO2. The lowest BCUT2D eigenvalue weighted by molar-refractivity contribution is 0.147. The molecule has 1 atom stereocenters. The molecule has 2 aliphatic rings. The fourth-order valence-corrected chi connectivity index (χ4v) is 5.09. The lowest BCUT2D eigenvalue weighted by Crippen LogP contribution is -2.36. The number of nitrogens with zero attached hydrogens (tertiary/aromatic N) is 1. The Kier molecular flexibility index (Phi) is 4.57. The molecular weight excluding hydrogens is 438 g/mol. The molecule has 1 aliphatic heterocycles. The number of hydrogen-bond donors (Lipinski definition) is 0. The number of hydrogen-bond acceptors (Lipinski definition) is 3. The fourth-order valence-electron chi connectivity index (χ4n) is 4.54. The Balaban J connectivity index is 1.98. The zero-order valence-corrected chi connectivity index (χ0v) is 18.7. The first-order chi connectivity index (χ1) is 14.6. The minimum absolute atomic E-state index is 0.740. The summed E-state index contributed by atoms with van der Waals surface area (Å²) in [5.74, 6) is 0.842. The van der Waals surface area contributed by atoms with Crippen LogP contribution in [0.1, 0.15) is 11.1 Å². The molecule has 3 aromatic carbocycles. The number of fused-ring (bicyclic) bond motifs is 3. The lowest BCUT2D eigenvalue weighted by atomic mass is 9.80. The minimum atomic E-state index is -0.740. The van der Waals surface area contributed by atoms with Gasteiger partial charge in [0.2, 0.25) is 0 Å². The number of methoxy groups -OCH3 is 2. The Morgan fingerprint density at radius 3 is 2.50 bits per heavy atom. The van der Waals surface area contributed by atoms with Gasteiger partial charge in [-0.15, -0.1) is 0 Å². The second-order valence-corrected chi connectivity index (χ2v) is 8.63. The summed E-state index contributed by atoms with van der Waals surface area (Å²) >= 11 is 3.89. The summed E-state index contributed by atoms with van der Waals surface area (Å²) in [6.07, 6.45) is 6.23. The van der Waals surface area contributed by atoms with Gasteiger partial charge in [-0.1, -0.05) is 54.6 Å². The Labute approximate surface area is 185 Å². The fraction of sp³-hybridized carbons (Fsp3) is 0.154. The van der Waals surface area contributed by atoms with Crippen LogP contribution in [0, 0.1) is 0 Å². The van der Waals surface area contributed by atoms with Gasteiger partial charge < -0.3 is 14.4 Å². The highest BCUT2D eigenvalue weighted by atomic mass is 79.9. The largest absolute Gasteiger partial charge is 0.496 e. The Hall–Kier alpha value is -2.82. The van der Waals surface area contributed by atoms with Gasteiger partial charge in [0, 0.05) is 36.6 Å². The Morgan fingerprint density at radius 2 is 1.70 bits per heavy atom. The molecule has 0 fully saturated rings. The van der Waals surface area contributed by atoms with E-state index in [1.54, 1.807) is 14.2 Å². The van der Waals surface area contributed by atoms with E-state index in [-0.39, 0.29) is 0 Å². The van der Waals surface area contributed by atoms with Crippen LogP contribution in [0.5, 0.6) is 5.75 Å². The summed E-state index contributed by atoms with van der Waals surface area (Å²) in [7, 11) is 5.55. The Bertz CT molecular complexity index is 1250. The number of benzene rings is 3. The third-order valence-electron chi connectivity index (χ3n) is 5.96. The van der Waals surface area contributed by atoms with Crippen molar-refractivity contribution in [2.45, 2.75) is 4.51 Å². The summed E-state index contributed by atoms with van der Waals surface area (Å²) in [6, 6.07) is 21.1. The van der Waals surface area contributed by atoms with Crippen molar-refractivity contribution < 1.29 is 9.47 Å². The van der Waals surface area contributed by atoms with E-state index in [1.807, 2.05) is 24.3 Å². The lowest BCUT2D eigenvalue weighted by Gasteiger charge is -2.41. The van der Waals surface area contributed by atoms with Crippen molar-refractivity contribution in [1.82, 2.24) is 0 Å². The van der Waals surface area contributed by atoms with Gasteiger partial charge in [-0.3, -0.25) is 0 Å². The zero-order chi connectivity index (χ0) is 20.9. The molecule has 1 aliphatic carbocycles. The molecule has 0 amide bonds. The normalized spacial score (nSPS) is 20.1. The molecule has 4 heteroatoms. The van der Waals surface area contributed by atoms with Crippen LogP contribution >= 0.6 is 15.9 Å². The molecule has 3 aromatic rings. The molecule has 1 unspecified atom stereocenters. The molecule has 150 valence electrons. The highest BCUT2D eigenvalue weighted by Gasteiger charge is 2.42. The van der Waals surface area contributed by atoms with Crippen molar-refractivity contribution in [1.29, 1.82) is 0 Å². The van der Waals surface area contributed by atoms with E-state index in [0.29, 0.717) is 0 Å². The SMILES string of the molecule is COc1cccc2c1C(c1cccc3ccccc13)=C1C(=CC=CC1(Br)OC)N2C. The number of alkyl halides is 1. The molecule has 1 heterocycles. The Morgan fingerprint density at radius 1 is 0.933 bits per heavy atom. The van der Waals surface area contributed by atoms with Crippen molar-refractivity contribution in [3.05, 3.63) is 101 Å². The van der Waals surface area contributed by atoms with Gasteiger partial charge in [0.15, 0.2) is 4.51 Å². The van der Waals surface area contributed by atoms with Crippen molar-refractivity contribution >= 4 is 38.0 Å². The van der Waals surface area contributed by atoms with Gasteiger partial charge in [0.25, 0.3) is 0 Å². The van der Waals surface area contributed by atoms with Crippen LogP contribution in [0.15, 0.2) is 90.2 Å². The average molecular weight is 460 g/mol. The zero-order valence-electron chi connectivity index (χ0n) is 17.1. The second kappa shape index (κ2) is 7.15. The van der Waals surface area contributed by atoms with E-state index in [2.05, 4.69) is 82.5 Å². The van der Waals surface area contributed by atoms with Crippen LogP contribution in [0.3, 0.4) is 0 Å². The standard InChI is InChI=1S/C26H22BrNO2/c1-28-20-13-7-15-22(29-2)24(20)23(25-21(28)14-8-16-26(25,27)30-3)19-12-6-10-17-9-4-5-11-18(17)19/h4-16H,1-3H3. The molecule has 0 spiro atoms. The molecule has 0 N–H and O–H groups in total. The summed E-state index contributed by atoms with van der Waals surface area (Å²) in [4.78, 5) is 2.21. The number of rotatable bonds is 3. The van der Waals surface area contributed by atoms with E-state index < -0.39 is 4.51 Å². The van der Waals surface area contributed by atoms with Crippen molar-refractivity contribution in [2.24, 2.45) is 0 Å². The van der Waals surface area contributed by atoms with Crippen molar-refractivity contribution in [3.8, 4) is 5.75 Å². The number of ether oxygens (including phenoxy) is 2. The molecule has 0 bridgehead atoms. The highest BCUT2D eigenvalue weighted by molar-refractivity contribution is 9.10. The van der Waals surface area contributed by atoms with Crippen LogP contribution in [0.4, 0.5) is 5.69 Å². The van der Waals surface area contributed by atoms with E-state index in [0.717, 1.165) is 39.4 Å². The van der Waals surface area contributed by atoms with Crippen LogP contribution in [-0.4, -0.2) is 25.8 Å². The van der Waals surface area contributed by atoms with Crippen molar-refractivity contribution in [2.75, 3.05) is 26.2 Å². The van der Waals surface area contributed by atoms with Gasteiger partial charge in [-0.05, 0) is 56.6 Å². The van der Waals surface area contributed by atoms with Crippen molar-refractivity contribution in [3.63, 3.8) is 0 Å². The second-order valence-electron chi connectivity index (χ2n) is 7.45. The predicted molar refractivity (Wildman–Crippen MR) is 127 cm³/mol. The molecule has 3 nitrogen and oxygen atoms in total. The van der Waals surface area contributed by atoms with Crippen LogP contribution in [-0.2, 0) is 4.74 Å². The van der Waals surface area contributed by atoms with Gasteiger partial charge in [-0.2, -0.15) is 0 Å². The van der Waals surface area contributed by atoms with Crippen LogP contribution in [0.2, 0.25) is 0 Å². The average Bonchev–Trinajstić information content (AvgIpc) is 2.79. The smallest absolute Gasteiger partial charge is 0.169 e. The number of halogens is 1. The predicted octanol–water partition coefficient (Wildman–Crippen LogP) is 6.29. The quantitative estimate of drug-likeness (QED) is 0.429. The van der Waals surface area contributed by atoms with E-state index in [1.165, 1.54) is 10.8 Å². The topological polar surface area (TPSA) is 21.7 Å². The number of anilines is 1. The molecule has 0 saturated carbocycles. The molecule has 0 aromatic heterocycles. The monoisotopic (exact) mass is 459 g/mol. The first kappa shape index (κ1) is 19.2. The number of allylic oxidation sites excluding steroid dienone is 2. The highest BCUT2D eigenvalue weighted by Crippen LogP contribution is 2.53. The first-order valence-corrected chi connectivity index (χ1v) is 10.7. The van der Waals surface area contributed by atoms with E-state index in [9.17, 15) is 0 Å².